The zero-order valence-corrected chi connectivity index (χ0v) is 19.7. The molecule has 2 N–H and O–H groups in total. The largest absolute Gasteiger partial charge is 0.573 e. The molecule has 0 radical (unpaired) electrons. The van der Waals surface area contributed by atoms with Gasteiger partial charge in [-0.1, -0.05) is 12.1 Å². The smallest absolute Gasteiger partial charge is 0.445 e. The van der Waals surface area contributed by atoms with Gasteiger partial charge in [0, 0.05) is 19.0 Å². The molecule has 37 heavy (non-hydrogen) atoms. The Morgan fingerprint density at radius 3 is 2.24 bits per heavy atom. The number of amides is 2. The number of carbonyl (C=O) groups is 2. The molecule has 0 aliphatic carbocycles. The van der Waals surface area contributed by atoms with E-state index in [0.29, 0.717) is 11.6 Å². The molecule has 2 heterocycles. The van der Waals surface area contributed by atoms with Gasteiger partial charge in [-0.15, -0.1) is 13.2 Å². The molecule has 2 atom stereocenters. The Kier molecular flexibility index (Phi) is 6.79. The van der Waals surface area contributed by atoms with E-state index in [4.69, 9.17) is 9.88 Å². The maximum absolute atomic E-state index is 15.6. The minimum absolute atomic E-state index is 0.0791. The number of hydrogen-bond acceptors (Lipinski definition) is 6. The number of nitrogens with two attached hydrogens (primary N) is 1. The summed E-state index contributed by atoms with van der Waals surface area (Å²) >= 11 is 0. The molecule has 2 fully saturated rings. The minimum atomic E-state index is -4.84. The number of nitrogens with zero attached hydrogens (tertiary/aromatic N) is 2. The lowest BCUT2D eigenvalue weighted by Crippen LogP contribution is -2.40. The third-order valence-corrected chi connectivity index (χ3v) is 7.00. The number of hydrogen-bond donors (Lipinski definition) is 1. The number of carbonyl (C=O) groups excluding carboxylic acids is 2. The van der Waals surface area contributed by atoms with Crippen LogP contribution in [0.25, 0.3) is 0 Å². The number of primary sulfonamides is 1. The maximum atomic E-state index is 15.6. The van der Waals surface area contributed by atoms with Crippen molar-refractivity contribution in [3.8, 4) is 5.75 Å². The van der Waals surface area contributed by atoms with Crippen LogP contribution in [0.2, 0.25) is 0 Å². The van der Waals surface area contributed by atoms with Crippen LogP contribution < -0.4 is 9.88 Å². The molecule has 2 aromatic carbocycles. The van der Waals surface area contributed by atoms with Crippen LogP contribution in [0.15, 0.2) is 47.4 Å². The summed E-state index contributed by atoms with van der Waals surface area (Å²) in [5.74, 6) is -3.16. The van der Waals surface area contributed by atoms with Crippen molar-refractivity contribution in [3.05, 3.63) is 59.4 Å². The third-order valence-electron chi connectivity index (χ3n) is 6.08. The quantitative estimate of drug-likeness (QED) is 0.573. The molecule has 0 spiro atoms. The van der Waals surface area contributed by atoms with Gasteiger partial charge in [0.05, 0.1) is 23.5 Å². The summed E-state index contributed by atoms with van der Waals surface area (Å²) in [6.07, 6.45) is -5.68. The summed E-state index contributed by atoms with van der Waals surface area (Å²) in [4.78, 5) is 26.9. The van der Waals surface area contributed by atoms with Crippen LogP contribution in [0.1, 0.15) is 15.9 Å². The van der Waals surface area contributed by atoms with E-state index in [9.17, 15) is 35.6 Å². The van der Waals surface area contributed by atoms with Crippen molar-refractivity contribution in [1.29, 1.82) is 0 Å². The first-order chi connectivity index (χ1) is 17.1. The highest BCUT2D eigenvalue weighted by molar-refractivity contribution is 7.89. The van der Waals surface area contributed by atoms with Gasteiger partial charge in [-0.2, -0.15) is 0 Å². The molecule has 4 rings (SSSR count). The first-order valence-electron chi connectivity index (χ1n) is 10.7. The van der Waals surface area contributed by atoms with Crippen LogP contribution in [0.3, 0.4) is 0 Å². The second-order valence-corrected chi connectivity index (χ2v) is 10.3. The Morgan fingerprint density at radius 2 is 1.68 bits per heavy atom. The monoisotopic (exact) mass is 549 g/mol. The van der Waals surface area contributed by atoms with Crippen LogP contribution in [0.5, 0.6) is 5.75 Å². The van der Waals surface area contributed by atoms with Crippen LogP contribution >= 0.6 is 0 Å². The zero-order valence-electron chi connectivity index (χ0n) is 18.9. The average Bonchev–Trinajstić information content (AvgIpc) is 3.28. The summed E-state index contributed by atoms with van der Waals surface area (Å²) in [6, 6.07) is 7.22. The van der Waals surface area contributed by atoms with E-state index in [0.717, 1.165) is 34.1 Å². The summed E-state index contributed by atoms with van der Waals surface area (Å²) < 4.78 is 98.2. The molecule has 2 aliphatic heterocycles. The van der Waals surface area contributed by atoms with Gasteiger partial charge < -0.3 is 19.3 Å². The van der Waals surface area contributed by atoms with Crippen molar-refractivity contribution in [2.24, 2.45) is 11.1 Å². The standard InChI is InChI=1S/C22H20F5N3O6S/c23-18-7-16(37(28,33)34)5-6-17(18)19(31)29-8-14-9-30(12-21(14,24)11-29)20(32)35-10-13-1-3-15(4-2-13)36-22(25,26)27/h1-7,14H,8-12H2,(H2,28,33,34). The van der Waals surface area contributed by atoms with Gasteiger partial charge in [-0.3, -0.25) is 4.79 Å². The topological polar surface area (TPSA) is 119 Å². The second kappa shape index (κ2) is 9.45. The Hall–Kier alpha value is -3.46. The number of alkyl halides is 4. The molecule has 0 saturated carbocycles. The Labute approximate surface area is 207 Å². The average molecular weight is 549 g/mol. The van der Waals surface area contributed by atoms with Gasteiger partial charge in [0.2, 0.25) is 10.0 Å². The van der Waals surface area contributed by atoms with E-state index in [1.165, 1.54) is 12.1 Å². The van der Waals surface area contributed by atoms with Gasteiger partial charge in [0.25, 0.3) is 5.91 Å². The van der Waals surface area contributed by atoms with E-state index in [2.05, 4.69) is 4.74 Å². The van der Waals surface area contributed by atoms with E-state index in [-0.39, 0.29) is 26.2 Å². The molecular formula is C22H20F5N3O6S. The van der Waals surface area contributed by atoms with Crippen molar-refractivity contribution >= 4 is 22.0 Å². The van der Waals surface area contributed by atoms with Crippen LogP contribution in [-0.4, -0.2) is 68.4 Å². The lowest BCUT2D eigenvalue weighted by atomic mass is 9.97. The van der Waals surface area contributed by atoms with Crippen molar-refractivity contribution < 1.29 is 49.4 Å². The molecule has 200 valence electrons. The first kappa shape index (κ1) is 26.6. The van der Waals surface area contributed by atoms with Crippen molar-refractivity contribution in [3.63, 3.8) is 0 Å². The Morgan fingerprint density at radius 1 is 1.05 bits per heavy atom. The molecule has 2 aromatic rings. The second-order valence-electron chi connectivity index (χ2n) is 8.73. The van der Waals surface area contributed by atoms with E-state index < -0.39 is 68.5 Å². The van der Waals surface area contributed by atoms with Crippen molar-refractivity contribution in [2.75, 3.05) is 26.2 Å². The molecule has 0 aromatic heterocycles. The Balaban J connectivity index is 1.32. The first-order valence-corrected chi connectivity index (χ1v) is 12.3. The number of sulfonamides is 1. The highest BCUT2D eigenvalue weighted by Crippen LogP contribution is 2.39. The number of ether oxygens (including phenoxy) is 2. The van der Waals surface area contributed by atoms with Crippen LogP contribution in [0.4, 0.5) is 26.7 Å². The highest BCUT2D eigenvalue weighted by Gasteiger charge is 2.56. The van der Waals surface area contributed by atoms with Crippen molar-refractivity contribution in [2.45, 2.75) is 23.5 Å². The fourth-order valence-corrected chi connectivity index (χ4v) is 4.85. The molecule has 2 unspecified atom stereocenters. The Bertz CT molecular complexity index is 1320. The molecule has 0 bridgehead atoms. The van der Waals surface area contributed by atoms with Gasteiger partial charge in [0.15, 0.2) is 5.67 Å². The van der Waals surface area contributed by atoms with E-state index in [1.54, 1.807) is 0 Å². The molecule has 2 aliphatic rings. The van der Waals surface area contributed by atoms with E-state index >= 15 is 4.39 Å². The predicted molar refractivity (Wildman–Crippen MR) is 116 cm³/mol. The number of rotatable bonds is 5. The number of likely N-dealkylation sites (tertiary alicyclic amines) is 2. The minimum Gasteiger partial charge on any atom is -0.445 e. The summed E-state index contributed by atoms with van der Waals surface area (Å²) in [7, 11) is -4.18. The molecular weight excluding hydrogens is 529 g/mol. The lowest BCUT2D eigenvalue weighted by molar-refractivity contribution is -0.274. The summed E-state index contributed by atoms with van der Waals surface area (Å²) in [5, 5.41) is 4.95. The van der Waals surface area contributed by atoms with Gasteiger partial charge in [-0.05, 0) is 35.9 Å². The van der Waals surface area contributed by atoms with Crippen molar-refractivity contribution in [1.82, 2.24) is 9.80 Å². The molecule has 2 saturated heterocycles. The zero-order chi connectivity index (χ0) is 27.2. The number of fused-ring (bicyclic) bond motifs is 1. The SMILES string of the molecule is NS(=O)(=O)c1ccc(C(=O)N2CC3CN(C(=O)OCc4ccc(OC(F)(F)F)cc4)CC3(F)C2)c(F)c1. The molecule has 2 amide bonds. The van der Waals surface area contributed by atoms with Crippen LogP contribution in [0, 0.1) is 11.7 Å². The lowest BCUT2D eigenvalue weighted by Gasteiger charge is -2.23. The highest BCUT2D eigenvalue weighted by atomic mass is 32.2. The maximum Gasteiger partial charge on any atom is 0.573 e. The molecule has 15 heteroatoms. The normalized spacial score (nSPS) is 21.6. The number of benzene rings is 2. The summed E-state index contributed by atoms with van der Waals surface area (Å²) in [6.45, 7) is -1.27. The van der Waals surface area contributed by atoms with Crippen LogP contribution in [-0.2, 0) is 21.4 Å². The van der Waals surface area contributed by atoms with Gasteiger partial charge >= 0.3 is 12.5 Å². The van der Waals surface area contributed by atoms with Gasteiger partial charge in [0.1, 0.15) is 18.2 Å². The van der Waals surface area contributed by atoms with Gasteiger partial charge in [-0.25, -0.2) is 27.1 Å². The third kappa shape index (κ3) is 5.93. The number of halogens is 5. The predicted octanol–water partition coefficient (Wildman–Crippen LogP) is 2.80. The molecule has 9 nitrogen and oxygen atoms in total. The fourth-order valence-electron chi connectivity index (χ4n) is 4.32. The summed E-state index contributed by atoms with van der Waals surface area (Å²) in [5.41, 5.74) is -2.04. The van der Waals surface area contributed by atoms with E-state index in [1.807, 2.05) is 0 Å². The fraction of sp³-hybridized carbons (Fsp3) is 0.364.